The number of hydrogen-bond acceptors (Lipinski definition) is 2. The van der Waals surface area contributed by atoms with Crippen LogP contribution < -0.4 is 5.73 Å². The summed E-state index contributed by atoms with van der Waals surface area (Å²) in [5.41, 5.74) is 5.42. The largest absolute Gasteiger partial charge is 0.481 e. The summed E-state index contributed by atoms with van der Waals surface area (Å²) in [5, 5.41) is 8.48. The minimum Gasteiger partial charge on any atom is -0.481 e. The normalized spacial score (nSPS) is 12.6. The van der Waals surface area contributed by atoms with Gasteiger partial charge in [0.25, 0.3) is 0 Å². The molecule has 0 aromatic carbocycles. The molecule has 0 radical (unpaired) electrons. The average Bonchev–Trinajstić information content (AvgIpc) is 1.84. The molecule has 3 N–H and O–H groups in total. The maximum Gasteiger partial charge on any atom is 0.308 e. The number of carbonyl (C=O) groups is 1. The minimum atomic E-state index is -0.733. The van der Waals surface area contributed by atoms with Crippen LogP contribution >= 0.6 is 0 Å². The third-order valence-corrected chi connectivity index (χ3v) is 2.89. The zero-order valence-electron chi connectivity index (χ0n) is 7.13. The van der Waals surface area contributed by atoms with Crippen molar-refractivity contribution in [2.45, 2.75) is 25.6 Å². The van der Waals surface area contributed by atoms with Crippen LogP contribution in [-0.2, 0) is 4.79 Å². The summed E-state index contributed by atoms with van der Waals surface area (Å²) in [4.78, 5) is 10.3. The lowest BCUT2D eigenvalue weighted by Crippen LogP contribution is -2.21. The van der Waals surface area contributed by atoms with E-state index in [4.69, 9.17) is 10.8 Å². The average molecular weight is 174 g/mol. The molecule has 0 saturated heterocycles. The molecular weight excluding hydrogens is 158 g/mol. The van der Waals surface area contributed by atoms with Crippen molar-refractivity contribution in [1.82, 2.24) is 0 Å². The number of carboxylic acid groups (broad SMARTS) is 1. The van der Waals surface area contributed by atoms with E-state index in [0.29, 0.717) is 6.54 Å². The molecule has 0 fully saturated rings. The van der Waals surface area contributed by atoms with Crippen LogP contribution in [0.1, 0.15) is 6.42 Å². The van der Waals surface area contributed by atoms with Crippen molar-refractivity contribution >= 4 is 14.8 Å². The molecule has 11 heavy (non-hydrogen) atoms. The second-order valence-electron chi connectivity index (χ2n) is 3.11. The lowest BCUT2D eigenvalue weighted by atomic mass is 10.1. The first-order valence-electron chi connectivity index (χ1n) is 3.77. The summed E-state index contributed by atoms with van der Waals surface area (Å²) in [6.07, 6.45) is 0.229. The van der Waals surface area contributed by atoms with E-state index in [1.807, 2.05) is 0 Å². The summed E-state index contributed by atoms with van der Waals surface area (Å²) in [5.74, 6) is -0.542. The van der Waals surface area contributed by atoms with E-state index in [1.54, 1.807) is 0 Å². The predicted octanol–water partition coefficient (Wildman–Crippen LogP) is 0.790. The summed E-state index contributed by atoms with van der Waals surface area (Å²) in [7, 11) is -0.334. The first-order valence-corrected chi connectivity index (χ1v) is 6.47. The molecule has 0 heterocycles. The molecule has 0 aromatic heterocycles. The van der Waals surface area contributed by atoms with Crippen molar-refractivity contribution in [2.24, 2.45) is 11.7 Å². The van der Waals surface area contributed by atoms with E-state index in [0.717, 1.165) is 6.04 Å². The molecule has 0 aliphatic rings. The van der Waals surface area contributed by atoms with Crippen LogP contribution in [0.2, 0.25) is 19.1 Å². The van der Waals surface area contributed by atoms with Crippen LogP contribution in [-0.4, -0.2) is 26.4 Å². The van der Waals surface area contributed by atoms with Gasteiger partial charge in [-0.2, -0.15) is 0 Å². The van der Waals surface area contributed by atoms with E-state index in [9.17, 15) is 4.79 Å². The SMILES string of the molecule is C[Si+](C)CC(CN)CC(=O)O. The molecular formula is C7H16NO2Si+. The summed E-state index contributed by atoms with van der Waals surface area (Å²) >= 11 is 0. The molecule has 0 aliphatic heterocycles. The van der Waals surface area contributed by atoms with E-state index in [1.165, 1.54) is 0 Å². The summed E-state index contributed by atoms with van der Waals surface area (Å²) in [6, 6.07) is 1.01. The van der Waals surface area contributed by atoms with Crippen molar-refractivity contribution in [3.8, 4) is 0 Å². The van der Waals surface area contributed by atoms with Gasteiger partial charge in [-0.15, -0.1) is 0 Å². The van der Waals surface area contributed by atoms with Crippen LogP contribution in [0, 0.1) is 5.92 Å². The van der Waals surface area contributed by atoms with Gasteiger partial charge in [-0.25, -0.2) is 0 Å². The molecule has 1 atom stereocenters. The van der Waals surface area contributed by atoms with Gasteiger partial charge in [0.1, 0.15) is 0 Å². The number of aliphatic carboxylic acids is 1. The van der Waals surface area contributed by atoms with Crippen LogP contribution in [0.4, 0.5) is 0 Å². The Morgan fingerprint density at radius 1 is 1.64 bits per heavy atom. The van der Waals surface area contributed by atoms with Crippen LogP contribution in [0.3, 0.4) is 0 Å². The van der Waals surface area contributed by atoms with Gasteiger partial charge in [0, 0.05) is 5.92 Å². The lowest BCUT2D eigenvalue weighted by Gasteiger charge is -2.06. The van der Waals surface area contributed by atoms with E-state index in [-0.39, 0.29) is 21.1 Å². The molecule has 1 unspecified atom stereocenters. The van der Waals surface area contributed by atoms with E-state index >= 15 is 0 Å². The van der Waals surface area contributed by atoms with Crippen molar-refractivity contribution in [2.75, 3.05) is 6.54 Å². The third-order valence-electron chi connectivity index (χ3n) is 1.49. The van der Waals surface area contributed by atoms with Crippen LogP contribution in [0.15, 0.2) is 0 Å². The fourth-order valence-corrected chi connectivity index (χ4v) is 2.53. The molecule has 0 aromatic rings. The highest BCUT2D eigenvalue weighted by Crippen LogP contribution is 2.10. The predicted molar refractivity (Wildman–Crippen MR) is 47.1 cm³/mol. The first kappa shape index (κ1) is 10.6. The van der Waals surface area contributed by atoms with Gasteiger partial charge in [-0.3, -0.25) is 4.79 Å². The molecule has 0 spiro atoms. The topological polar surface area (TPSA) is 63.3 Å². The molecule has 64 valence electrons. The molecule has 0 saturated carbocycles. The van der Waals surface area contributed by atoms with E-state index < -0.39 is 5.97 Å². The second-order valence-corrected chi connectivity index (χ2v) is 5.93. The zero-order chi connectivity index (χ0) is 8.85. The summed E-state index contributed by atoms with van der Waals surface area (Å²) in [6.45, 7) is 4.85. The Morgan fingerprint density at radius 3 is 2.45 bits per heavy atom. The Kier molecular flexibility index (Phi) is 5.15. The molecule has 0 rings (SSSR count). The Hall–Kier alpha value is -0.353. The van der Waals surface area contributed by atoms with Crippen molar-refractivity contribution in [1.29, 1.82) is 0 Å². The molecule has 0 aliphatic carbocycles. The van der Waals surface area contributed by atoms with Gasteiger partial charge < -0.3 is 10.8 Å². The maximum atomic E-state index is 10.3. The van der Waals surface area contributed by atoms with Gasteiger partial charge >= 0.3 is 14.8 Å². The maximum absolute atomic E-state index is 10.3. The molecule has 3 nitrogen and oxygen atoms in total. The van der Waals surface area contributed by atoms with Gasteiger partial charge in [-0.1, -0.05) is 0 Å². The lowest BCUT2D eigenvalue weighted by molar-refractivity contribution is -0.137. The van der Waals surface area contributed by atoms with Crippen molar-refractivity contribution in [3.63, 3.8) is 0 Å². The molecule has 4 heteroatoms. The highest BCUT2D eigenvalue weighted by molar-refractivity contribution is 6.55. The Balaban J connectivity index is 3.66. The highest BCUT2D eigenvalue weighted by Gasteiger charge is 2.21. The minimum absolute atomic E-state index is 0.191. The zero-order valence-corrected chi connectivity index (χ0v) is 8.13. The Labute approximate surface area is 69.2 Å². The Morgan fingerprint density at radius 2 is 2.18 bits per heavy atom. The van der Waals surface area contributed by atoms with Crippen molar-refractivity contribution < 1.29 is 9.90 Å². The fourth-order valence-electron chi connectivity index (χ4n) is 1.06. The van der Waals surface area contributed by atoms with Gasteiger partial charge in [0.05, 0.1) is 25.6 Å². The third kappa shape index (κ3) is 6.06. The first-order chi connectivity index (χ1) is 5.06. The monoisotopic (exact) mass is 174 g/mol. The highest BCUT2D eigenvalue weighted by atomic mass is 28.3. The van der Waals surface area contributed by atoms with Crippen molar-refractivity contribution in [3.05, 3.63) is 0 Å². The number of carboxylic acids is 1. The van der Waals surface area contributed by atoms with Crippen LogP contribution in [0.5, 0.6) is 0 Å². The number of hydrogen-bond donors (Lipinski definition) is 2. The number of nitrogens with two attached hydrogens (primary N) is 1. The molecule has 0 bridgehead atoms. The number of rotatable bonds is 5. The van der Waals surface area contributed by atoms with Gasteiger partial charge in [-0.05, 0) is 6.54 Å². The quantitative estimate of drug-likeness (QED) is 0.606. The van der Waals surface area contributed by atoms with E-state index in [2.05, 4.69) is 13.1 Å². The Bertz CT molecular complexity index is 128. The fraction of sp³-hybridized carbons (Fsp3) is 0.857. The van der Waals surface area contributed by atoms with Crippen LogP contribution in [0.25, 0.3) is 0 Å². The molecule has 0 amide bonds. The summed E-state index contributed by atoms with van der Waals surface area (Å²) < 4.78 is 0. The smallest absolute Gasteiger partial charge is 0.308 e. The van der Waals surface area contributed by atoms with Gasteiger partial charge in [0.2, 0.25) is 0 Å². The second kappa shape index (κ2) is 5.32. The standard InChI is InChI=1S/C7H15NO2Si/c1-11(2)5-6(4-8)3-7(9)10/h6H,3-5,8H2,1-2H3/p+1. The van der Waals surface area contributed by atoms with Gasteiger partial charge in [0.15, 0.2) is 0 Å².